The van der Waals surface area contributed by atoms with Crippen LogP contribution < -0.4 is 0 Å². The van der Waals surface area contributed by atoms with Crippen LogP contribution in [0.25, 0.3) is 0 Å². The average Bonchev–Trinajstić information content (AvgIpc) is 1.78. The predicted octanol–water partition coefficient (Wildman–Crippen LogP) is 3.30. The van der Waals surface area contributed by atoms with Gasteiger partial charge in [-0.2, -0.15) is 0 Å². The largest absolute Gasteiger partial charge is 0.411 e. The highest BCUT2D eigenvalue weighted by molar-refractivity contribution is 5.89. The molecule has 0 amide bonds. The summed E-state index contributed by atoms with van der Waals surface area (Å²) in [6.45, 7) is 12.6. The van der Waals surface area contributed by atoms with Crippen molar-refractivity contribution in [2.24, 2.45) is 16.0 Å². The van der Waals surface area contributed by atoms with E-state index in [1.165, 1.54) is 0 Å². The summed E-state index contributed by atoms with van der Waals surface area (Å²) in [6, 6.07) is 0. The van der Waals surface area contributed by atoms with Crippen molar-refractivity contribution in [3.8, 4) is 0 Å². The van der Waals surface area contributed by atoms with E-state index in [0.717, 1.165) is 12.1 Å². The first-order valence-electron chi connectivity index (χ1n) is 4.38. The molecule has 0 aromatic carbocycles. The Bertz CT molecular complexity index is 169. The highest BCUT2D eigenvalue weighted by atomic mass is 16.4. The molecule has 0 aromatic heterocycles. The van der Waals surface area contributed by atoms with E-state index in [-0.39, 0.29) is 10.8 Å². The molecule has 0 aliphatic rings. The van der Waals surface area contributed by atoms with Crippen molar-refractivity contribution >= 4 is 5.71 Å². The maximum atomic E-state index is 8.81. The Labute approximate surface area is 75.7 Å². The molecule has 0 fully saturated rings. The second kappa shape index (κ2) is 3.46. The molecule has 0 atom stereocenters. The molecule has 0 radical (unpaired) electrons. The molecule has 0 heterocycles. The molecule has 2 nitrogen and oxygen atoms in total. The van der Waals surface area contributed by atoms with E-state index in [4.69, 9.17) is 5.21 Å². The van der Waals surface area contributed by atoms with Crippen molar-refractivity contribution < 1.29 is 5.21 Å². The van der Waals surface area contributed by atoms with Gasteiger partial charge in [0.05, 0.1) is 5.71 Å². The number of oxime groups is 1. The zero-order valence-corrected chi connectivity index (χ0v) is 9.10. The van der Waals surface area contributed by atoms with Crippen LogP contribution in [0.5, 0.6) is 0 Å². The third-order valence-corrected chi connectivity index (χ3v) is 1.68. The van der Waals surface area contributed by atoms with E-state index in [1.807, 2.05) is 0 Å². The van der Waals surface area contributed by atoms with Gasteiger partial charge in [-0.25, -0.2) is 0 Å². The van der Waals surface area contributed by atoms with Crippen molar-refractivity contribution in [3.05, 3.63) is 0 Å². The molecule has 0 aromatic rings. The fourth-order valence-corrected chi connectivity index (χ4v) is 0.953. The lowest BCUT2D eigenvalue weighted by atomic mass is 9.79. The van der Waals surface area contributed by atoms with E-state index in [1.54, 1.807) is 0 Å². The van der Waals surface area contributed by atoms with Crippen LogP contribution in [0.3, 0.4) is 0 Å². The molecular formula is C10H21NO. The first-order valence-corrected chi connectivity index (χ1v) is 4.38. The molecule has 2 heteroatoms. The minimum atomic E-state index is -0.0258. The van der Waals surface area contributed by atoms with Gasteiger partial charge in [0.2, 0.25) is 0 Å². The molecule has 0 unspecified atom stereocenters. The van der Waals surface area contributed by atoms with Crippen LogP contribution >= 0.6 is 0 Å². The summed E-state index contributed by atoms with van der Waals surface area (Å²) in [4.78, 5) is 0. The molecule has 1 N–H and O–H groups in total. The topological polar surface area (TPSA) is 32.6 Å². The van der Waals surface area contributed by atoms with Crippen LogP contribution in [0.4, 0.5) is 0 Å². The highest BCUT2D eigenvalue weighted by Crippen LogP contribution is 2.27. The summed E-state index contributed by atoms with van der Waals surface area (Å²) in [5.41, 5.74) is 1.03. The molecule has 12 heavy (non-hydrogen) atoms. The molecule has 0 rings (SSSR count). The SMILES string of the molecule is CC(C)(C)CC(=NO)C(C)(C)C. The van der Waals surface area contributed by atoms with Crippen LogP contribution in [0, 0.1) is 10.8 Å². The minimum Gasteiger partial charge on any atom is -0.411 e. The van der Waals surface area contributed by atoms with Crippen LogP contribution in [-0.4, -0.2) is 10.9 Å². The lowest BCUT2D eigenvalue weighted by Crippen LogP contribution is -2.25. The Morgan fingerprint density at radius 3 is 1.58 bits per heavy atom. The molecule has 0 aliphatic heterocycles. The molecule has 0 aliphatic carbocycles. The first-order chi connectivity index (χ1) is 5.17. The normalized spacial score (nSPS) is 15.0. The van der Waals surface area contributed by atoms with Gasteiger partial charge < -0.3 is 5.21 Å². The number of hydrogen-bond acceptors (Lipinski definition) is 2. The molecule has 0 spiro atoms. The second-order valence-corrected chi connectivity index (χ2v) is 5.53. The zero-order chi connectivity index (χ0) is 9.99. The van der Waals surface area contributed by atoms with Gasteiger partial charge in [0.15, 0.2) is 0 Å². The maximum Gasteiger partial charge on any atom is 0.0629 e. The monoisotopic (exact) mass is 171 g/mol. The van der Waals surface area contributed by atoms with Gasteiger partial charge in [-0.05, 0) is 11.8 Å². The smallest absolute Gasteiger partial charge is 0.0629 e. The fraction of sp³-hybridized carbons (Fsp3) is 0.900. The third-order valence-electron chi connectivity index (χ3n) is 1.68. The van der Waals surface area contributed by atoms with Gasteiger partial charge in [0, 0.05) is 5.41 Å². The first kappa shape index (κ1) is 11.5. The Morgan fingerprint density at radius 2 is 1.50 bits per heavy atom. The van der Waals surface area contributed by atoms with Crippen LogP contribution in [0.15, 0.2) is 5.16 Å². The predicted molar refractivity (Wildman–Crippen MR) is 52.7 cm³/mol. The summed E-state index contributed by atoms with van der Waals surface area (Å²) >= 11 is 0. The number of nitrogens with zero attached hydrogens (tertiary/aromatic N) is 1. The molecular weight excluding hydrogens is 150 g/mol. The third kappa shape index (κ3) is 4.37. The fourth-order valence-electron chi connectivity index (χ4n) is 0.953. The quantitative estimate of drug-likeness (QED) is 0.366. The van der Waals surface area contributed by atoms with Crippen LogP contribution in [0.1, 0.15) is 48.0 Å². The van der Waals surface area contributed by atoms with Gasteiger partial charge in [-0.15, -0.1) is 0 Å². The summed E-state index contributed by atoms with van der Waals surface area (Å²) in [6.07, 6.45) is 0.840. The van der Waals surface area contributed by atoms with Crippen molar-refractivity contribution in [3.63, 3.8) is 0 Å². The molecule has 0 saturated heterocycles. The Morgan fingerprint density at radius 1 is 1.08 bits per heavy atom. The van der Waals surface area contributed by atoms with E-state index in [9.17, 15) is 0 Å². The average molecular weight is 171 g/mol. The zero-order valence-electron chi connectivity index (χ0n) is 9.10. The minimum absolute atomic E-state index is 0.0258. The molecule has 0 bridgehead atoms. The van der Waals surface area contributed by atoms with E-state index < -0.39 is 0 Å². The maximum absolute atomic E-state index is 8.81. The van der Waals surface area contributed by atoms with E-state index >= 15 is 0 Å². The lowest BCUT2D eigenvalue weighted by Gasteiger charge is -2.26. The molecule has 72 valence electrons. The van der Waals surface area contributed by atoms with Gasteiger partial charge in [0.25, 0.3) is 0 Å². The standard InChI is InChI=1S/C10H21NO/c1-9(2,3)7-8(11-12)10(4,5)6/h12H,7H2,1-6H3. The number of hydrogen-bond donors (Lipinski definition) is 1. The van der Waals surface area contributed by atoms with Crippen LogP contribution in [-0.2, 0) is 0 Å². The summed E-state index contributed by atoms with van der Waals surface area (Å²) in [5, 5.41) is 12.2. The van der Waals surface area contributed by atoms with Crippen molar-refractivity contribution in [2.75, 3.05) is 0 Å². The Hall–Kier alpha value is -0.530. The lowest BCUT2D eigenvalue weighted by molar-refractivity contribution is 0.301. The summed E-state index contributed by atoms with van der Waals surface area (Å²) < 4.78 is 0. The summed E-state index contributed by atoms with van der Waals surface area (Å²) in [7, 11) is 0. The van der Waals surface area contributed by atoms with E-state index in [2.05, 4.69) is 46.7 Å². The van der Waals surface area contributed by atoms with Crippen LogP contribution in [0.2, 0.25) is 0 Å². The van der Waals surface area contributed by atoms with Gasteiger partial charge in [-0.3, -0.25) is 0 Å². The van der Waals surface area contributed by atoms with Crippen molar-refractivity contribution in [1.82, 2.24) is 0 Å². The Balaban J connectivity index is 4.43. The summed E-state index contributed by atoms with van der Waals surface area (Å²) in [5.74, 6) is 0. The van der Waals surface area contributed by atoms with Crippen molar-refractivity contribution in [2.45, 2.75) is 48.0 Å². The molecule has 0 saturated carbocycles. The van der Waals surface area contributed by atoms with Gasteiger partial charge in [0.1, 0.15) is 0 Å². The Kier molecular flexibility index (Phi) is 3.31. The van der Waals surface area contributed by atoms with Gasteiger partial charge >= 0.3 is 0 Å². The van der Waals surface area contributed by atoms with Crippen molar-refractivity contribution in [1.29, 1.82) is 0 Å². The van der Waals surface area contributed by atoms with E-state index in [0.29, 0.717) is 0 Å². The highest BCUT2D eigenvalue weighted by Gasteiger charge is 2.24. The second-order valence-electron chi connectivity index (χ2n) is 5.53. The number of rotatable bonds is 1. The van der Waals surface area contributed by atoms with Gasteiger partial charge in [-0.1, -0.05) is 46.7 Å².